The quantitative estimate of drug-likeness (QED) is 0.404. The molecule has 9 nitrogen and oxygen atoms in total. The normalized spacial score (nSPS) is 20.4. The lowest BCUT2D eigenvalue weighted by molar-refractivity contribution is 0.0941. The van der Waals surface area contributed by atoms with Crippen molar-refractivity contribution in [2.24, 2.45) is 11.3 Å². The second kappa shape index (κ2) is 10.7. The first-order valence-corrected chi connectivity index (χ1v) is 17.6. The Labute approximate surface area is 244 Å². The molecule has 1 aromatic carbocycles. The van der Waals surface area contributed by atoms with Gasteiger partial charge in [-0.3, -0.25) is 9.59 Å². The smallest absolute Gasteiger partial charge is 0.292 e. The van der Waals surface area contributed by atoms with Crippen LogP contribution in [0.1, 0.15) is 70.5 Å². The third kappa shape index (κ3) is 6.14. The number of aryl methyl sites for hydroxylation is 1. The fraction of sp³-hybridized carbons (Fsp3) is 0.448. The maximum absolute atomic E-state index is 13.5. The number of benzene rings is 1. The monoisotopic (exact) mass is 618 g/mol. The maximum atomic E-state index is 13.5. The predicted molar refractivity (Wildman–Crippen MR) is 157 cm³/mol. The van der Waals surface area contributed by atoms with Gasteiger partial charge in [0.2, 0.25) is 14.9 Å². The molecule has 0 saturated carbocycles. The van der Waals surface area contributed by atoms with Gasteiger partial charge in [-0.1, -0.05) is 38.5 Å². The van der Waals surface area contributed by atoms with Gasteiger partial charge < -0.3 is 15.1 Å². The Hall–Kier alpha value is -2.96. The standard InChI is InChI=1S/C29H34N2O7S3/c1-17-5-8-20(9-6-17)41(36,37)24-12-11-22(38-24)26(32)31-28-25(27(33)30-19-13-14-40(34,35)16-19)21-10-7-18(29(2,3)4)15-23(21)39-28/h5-6,8-9,11-12,18-19H,7,10,13-16H2,1-4H3,(H,30,33)(H,31,32). The van der Waals surface area contributed by atoms with Crippen LogP contribution in [0.25, 0.3) is 0 Å². The van der Waals surface area contributed by atoms with Crippen LogP contribution in [0.2, 0.25) is 0 Å². The zero-order chi connectivity index (χ0) is 29.7. The highest BCUT2D eigenvalue weighted by Crippen LogP contribution is 2.44. The summed E-state index contributed by atoms with van der Waals surface area (Å²) in [5, 5.41) is 5.63. The number of fused-ring (bicyclic) bond motifs is 1. The van der Waals surface area contributed by atoms with Crippen molar-refractivity contribution in [2.75, 3.05) is 16.8 Å². The summed E-state index contributed by atoms with van der Waals surface area (Å²) in [6.45, 7) is 8.41. The number of anilines is 1. The van der Waals surface area contributed by atoms with Crippen LogP contribution in [0.5, 0.6) is 0 Å². The second-order valence-electron chi connectivity index (χ2n) is 12.0. The average molecular weight is 619 g/mol. The van der Waals surface area contributed by atoms with Crippen molar-refractivity contribution in [3.05, 3.63) is 63.7 Å². The highest BCUT2D eigenvalue weighted by molar-refractivity contribution is 7.91. The number of rotatable bonds is 6. The van der Waals surface area contributed by atoms with Crippen molar-refractivity contribution in [1.29, 1.82) is 0 Å². The van der Waals surface area contributed by atoms with Crippen molar-refractivity contribution >= 4 is 47.8 Å². The van der Waals surface area contributed by atoms with Crippen LogP contribution in [0, 0.1) is 18.3 Å². The first kappa shape index (κ1) is 29.5. The molecule has 2 N–H and O–H groups in total. The molecule has 41 heavy (non-hydrogen) atoms. The van der Waals surface area contributed by atoms with E-state index in [9.17, 15) is 26.4 Å². The largest absolute Gasteiger partial charge is 0.439 e. The summed E-state index contributed by atoms with van der Waals surface area (Å²) in [6, 6.07) is 8.37. The molecule has 2 aromatic heterocycles. The molecule has 220 valence electrons. The Bertz CT molecular complexity index is 1710. The molecule has 1 aliphatic heterocycles. The molecular weight excluding hydrogens is 585 g/mol. The molecule has 5 rings (SSSR count). The predicted octanol–water partition coefficient (Wildman–Crippen LogP) is 4.80. The van der Waals surface area contributed by atoms with Gasteiger partial charge in [0.05, 0.1) is 22.0 Å². The fourth-order valence-electron chi connectivity index (χ4n) is 5.40. The van der Waals surface area contributed by atoms with Gasteiger partial charge in [0.25, 0.3) is 11.8 Å². The Kier molecular flexibility index (Phi) is 7.71. The van der Waals surface area contributed by atoms with Crippen LogP contribution in [0.15, 0.2) is 50.8 Å². The van der Waals surface area contributed by atoms with Gasteiger partial charge in [-0.05, 0) is 73.8 Å². The highest BCUT2D eigenvalue weighted by atomic mass is 32.2. The summed E-state index contributed by atoms with van der Waals surface area (Å²) in [5.74, 6) is -0.989. The number of thiophene rings is 1. The summed E-state index contributed by atoms with van der Waals surface area (Å²) in [5.41, 5.74) is 2.19. The Morgan fingerprint density at radius 2 is 1.73 bits per heavy atom. The van der Waals surface area contributed by atoms with Crippen molar-refractivity contribution in [1.82, 2.24) is 5.32 Å². The summed E-state index contributed by atoms with van der Waals surface area (Å²) in [4.78, 5) is 27.9. The van der Waals surface area contributed by atoms with Gasteiger partial charge >= 0.3 is 0 Å². The van der Waals surface area contributed by atoms with E-state index in [4.69, 9.17) is 4.42 Å². The van der Waals surface area contributed by atoms with E-state index in [1.807, 2.05) is 6.92 Å². The molecule has 1 saturated heterocycles. The van der Waals surface area contributed by atoms with E-state index in [1.165, 1.54) is 35.6 Å². The van der Waals surface area contributed by atoms with Crippen molar-refractivity contribution in [3.63, 3.8) is 0 Å². The number of carbonyl (C=O) groups is 2. The van der Waals surface area contributed by atoms with E-state index >= 15 is 0 Å². The van der Waals surface area contributed by atoms with Crippen LogP contribution in [-0.4, -0.2) is 46.2 Å². The van der Waals surface area contributed by atoms with E-state index in [0.29, 0.717) is 29.3 Å². The van der Waals surface area contributed by atoms with Crippen LogP contribution in [0.3, 0.4) is 0 Å². The summed E-state index contributed by atoms with van der Waals surface area (Å²) >= 11 is 1.33. The van der Waals surface area contributed by atoms with E-state index in [2.05, 4.69) is 31.4 Å². The first-order valence-electron chi connectivity index (χ1n) is 13.5. The summed E-state index contributed by atoms with van der Waals surface area (Å²) in [7, 11) is -7.16. The molecule has 2 unspecified atom stereocenters. The number of furan rings is 1. The van der Waals surface area contributed by atoms with Crippen LogP contribution in [-0.2, 0) is 32.5 Å². The molecule has 3 heterocycles. The van der Waals surface area contributed by atoms with E-state index in [1.54, 1.807) is 12.1 Å². The van der Waals surface area contributed by atoms with Crippen molar-refractivity contribution in [3.8, 4) is 0 Å². The number of amides is 2. The minimum Gasteiger partial charge on any atom is -0.439 e. The third-order valence-electron chi connectivity index (χ3n) is 7.91. The third-order valence-corrected chi connectivity index (χ3v) is 12.5. The molecule has 0 bridgehead atoms. The van der Waals surface area contributed by atoms with E-state index in [-0.39, 0.29) is 32.7 Å². The van der Waals surface area contributed by atoms with Gasteiger partial charge in [-0.25, -0.2) is 16.8 Å². The van der Waals surface area contributed by atoms with Crippen LogP contribution >= 0.6 is 11.3 Å². The zero-order valence-electron chi connectivity index (χ0n) is 23.4. The lowest BCUT2D eigenvalue weighted by Crippen LogP contribution is -2.36. The van der Waals surface area contributed by atoms with E-state index < -0.39 is 37.5 Å². The van der Waals surface area contributed by atoms with Gasteiger partial charge in [0.15, 0.2) is 15.6 Å². The van der Waals surface area contributed by atoms with Crippen LogP contribution in [0.4, 0.5) is 5.00 Å². The molecular formula is C29H34N2O7S3. The molecule has 12 heteroatoms. The van der Waals surface area contributed by atoms with Gasteiger partial charge in [0.1, 0.15) is 5.00 Å². The molecule has 2 aliphatic rings. The van der Waals surface area contributed by atoms with Crippen LogP contribution < -0.4 is 10.6 Å². The topological polar surface area (TPSA) is 140 Å². The van der Waals surface area contributed by atoms with Crippen molar-refractivity contribution in [2.45, 2.75) is 69.4 Å². The first-order chi connectivity index (χ1) is 19.1. The van der Waals surface area contributed by atoms with Gasteiger partial charge in [-0.2, -0.15) is 0 Å². The molecule has 1 aliphatic carbocycles. The number of sulfone groups is 2. The Morgan fingerprint density at radius 1 is 1.02 bits per heavy atom. The molecule has 2 amide bonds. The average Bonchev–Trinajstić information content (AvgIpc) is 3.60. The minimum absolute atomic E-state index is 0.0306. The summed E-state index contributed by atoms with van der Waals surface area (Å²) in [6.07, 6.45) is 2.65. The number of hydrogen-bond donors (Lipinski definition) is 2. The number of nitrogens with one attached hydrogen (secondary N) is 2. The zero-order valence-corrected chi connectivity index (χ0v) is 25.9. The van der Waals surface area contributed by atoms with Gasteiger partial charge in [-0.15, -0.1) is 11.3 Å². The maximum Gasteiger partial charge on any atom is 0.292 e. The molecule has 2 atom stereocenters. The van der Waals surface area contributed by atoms with Crippen molar-refractivity contribution < 1.29 is 30.8 Å². The molecule has 3 aromatic rings. The molecule has 1 fully saturated rings. The lowest BCUT2D eigenvalue weighted by atomic mass is 9.72. The minimum atomic E-state index is -3.97. The Morgan fingerprint density at radius 3 is 2.37 bits per heavy atom. The van der Waals surface area contributed by atoms with E-state index in [0.717, 1.165) is 28.8 Å². The number of carbonyl (C=O) groups excluding carboxylic acids is 2. The lowest BCUT2D eigenvalue weighted by Gasteiger charge is -2.33. The highest BCUT2D eigenvalue weighted by Gasteiger charge is 2.36. The fourth-order valence-corrected chi connectivity index (χ4v) is 9.57. The van der Waals surface area contributed by atoms with Gasteiger partial charge in [0, 0.05) is 10.9 Å². The molecule has 0 radical (unpaired) electrons. The number of hydrogen-bond acceptors (Lipinski definition) is 8. The summed E-state index contributed by atoms with van der Waals surface area (Å²) < 4.78 is 55.5. The Balaban J connectivity index is 1.43. The molecule has 0 spiro atoms. The second-order valence-corrected chi connectivity index (χ2v) is 17.2. The SMILES string of the molecule is Cc1ccc(S(=O)(=O)c2ccc(C(=O)Nc3sc4c(c3C(=O)NC3CCS(=O)(=O)C3)CCC(C(C)(C)C)C4)o2)cc1.